The fourth-order valence-electron chi connectivity index (χ4n) is 5.30. The van der Waals surface area contributed by atoms with Gasteiger partial charge in [0.1, 0.15) is 11.0 Å². The molecule has 0 atom stereocenters. The molecule has 2 heterocycles. The third kappa shape index (κ3) is 11.5. The lowest BCUT2D eigenvalue weighted by atomic mass is 10.1. The zero-order chi connectivity index (χ0) is 38.2. The highest BCUT2D eigenvalue weighted by molar-refractivity contribution is 7.98. The number of halogens is 1. The first-order valence-electron chi connectivity index (χ1n) is 17.4. The molecular formula is C46H39ClN6S2. The lowest BCUT2D eigenvalue weighted by molar-refractivity contribution is 1.18. The third-order valence-electron chi connectivity index (χ3n) is 8.10. The van der Waals surface area contributed by atoms with Crippen LogP contribution >= 0.6 is 35.1 Å². The van der Waals surface area contributed by atoms with Gasteiger partial charge in [0, 0.05) is 55.6 Å². The highest BCUT2D eigenvalue weighted by atomic mass is 35.5. The van der Waals surface area contributed by atoms with Crippen LogP contribution in [0.5, 0.6) is 0 Å². The molecule has 0 spiro atoms. The molecule has 0 radical (unpaired) electrons. The Balaban J connectivity index is 0.000000159. The Labute approximate surface area is 336 Å². The normalized spacial score (nSPS) is 10.3. The van der Waals surface area contributed by atoms with Crippen molar-refractivity contribution in [1.82, 2.24) is 19.9 Å². The molecule has 0 unspecified atom stereocenters. The maximum Gasteiger partial charge on any atom is 0.162 e. The highest BCUT2D eigenvalue weighted by Crippen LogP contribution is 2.27. The van der Waals surface area contributed by atoms with E-state index >= 15 is 0 Å². The van der Waals surface area contributed by atoms with E-state index in [4.69, 9.17) is 27.3 Å². The van der Waals surface area contributed by atoms with E-state index in [1.807, 2.05) is 146 Å². The van der Waals surface area contributed by atoms with Gasteiger partial charge in [-0.1, -0.05) is 133 Å². The van der Waals surface area contributed by atoms with Gasteiger partial charge in [-0.25, -0.2) is 19.9 Å². The number of aromatic nitrogens is 4. The number of nitrogens with zero attached hydrogens (tertiary/aromatic N) is 4. The molecule has 0 aliphatic carbocycles. The minimum absolute atomic E-state index is 0.452. The number of hydrogen-bond acceptors (Lipinski definition) is 8. The Morgan fingerprint density at radius 1 is 0.455 bits per heavy atom. The van der Waals surface area contributed by atoms with Crippen molar-refractivity contribution in [2.45, 2.75) is 9.79 Å². The van der Waals surface area contributed by atoms with Crippen molar-refractivity contribution in [3.8, 4) is 45.3 Å². The molecule has 6 nitrogen and oxygen atoms in total. The minimum atomic E-state index is 0.452. The van der Waals surface area contributed by atoms with Gasteiger partial charge in [0.2, 0.25) is 0 Å². The second-order valence-corrected chi connectivity index (χ2v) is 14.1. The number of hydrogen-bond donors (Lipinski definition) is 2. The molecule has 8 aromatic rings. The molecule has 2 aromatic heterocycles. The third-order valence-corrected chi connectivity index (χ3v) is 9.78. The number of anilines is 3. The zero-order valence-electron chi connectivity index (χ0n) is 30.4. The molecule has 3 N–H and O–H groups in total. The van der Waals surface area contributed by atoms with E-state index in [0.717, 1.165) is 50.8 Å². The Morgan fingerprint density at radius 3 is 1.31 bits per heavy atom. The Morgan fingerprint density at radius 2 is 0.855 bits per heavy atom. The van der Waals surface area contributed by atoms with E-state index in [1.165, 1.54) is 9.79 Å². The van der Waals surface area contributed by atoms with Crippen molar-refractivity contribution in [1.29, 1.82) is 0 Å². The Kier molecular flexibility index (Phi) is 14.1. The summed E-state index contributed by atoms with van der Waals surface area (Å²) in [5.74, 6) is 2.13. The van der Waals surface area contributed by atoms with Crippen LogP contribution < -0.4 is 11.1 Å². The van der Waals surface area contributed by atoms with Crippen molar-refractivity contribution in [2.24, 2.45) is 0 Å². The first-order valence-corrected chi connectivity index (χ1v) is 20.3. The summed E-state index contributed by atoms with van der Waals surface area (Å²) in [4.78, 5) is 20.9. The maximum absolute atomic E-state index is 6.10. The monoisotopic (exact) mass is 774 g/mol. The molecule has 0 amide bonds. The van der Waals surface area contributed by atoms with Gasteiger partial charge in [-0.3, -0.25) is 0 Å². The molecule has 272 valence electrons. The quantitative estimate of drug-likeness (QED) is 0.0896. The molecule has 6 aromatic carbocycles. The molecule has 0 saturated carbocycles. The molecule has 0 saturated heterocycles. The van der Waals surface area contributed by atoms with Gasteiger partial charge in [0.15, 0.2) is 11.6 Å². The molecule has 55 heavy (non-hydrogen) atoms. The highest BCUT2D eigenvalue weighted by Gasteiger charge is 2.10. The summed E-state index contributed by atoms with van der Waals surface area (Å²) in [6.07, 6.45) is 4.12. The summed E-state index contributed by atoms with van der Waals surface area (Å²) in [6.45, 7) is 0. The zero-order valence-corrected chi connectivity index (χ0v) is 32.8. The summed E-state index contributed by atoms with van der Waals surface area (Å²) in [6, 6.07) is 60.0. The van der Waals surface area contributed by atoms with Crippen molar-refractivity contribution < 1.29 is 0 Å². The SMILES string of the molecule is CSc1ccc(N)cc1.CSc1ccc(Nc2cc(-c3ccccc3)nc(-c3ccccc3)n2)cc1.Clc1cc(-c2ccccc2)nc(-c2ccccc2)n1. The number of benzene rings is 6. The number of thioether (sulfide) groups is 2. The molecule has 8 rings (SSSR count). The predicted molar refractivity (Wildman–Crippen MR) is 235 cm³/mol. The molecule has 0 aliphatic rings. The number of nitrogens with one attached hydrogen (secondary N) is 1. The summed E-state index contributed by atoms with van der Waals surface area (Å²) in [5, 5.41) is 3.87. The maximum atomic E-state index is 6.10. The van der Waals surface area contributed by atoms with Crippen LogP contribution in [0.4, 0.5) is 17.2 Å². The summed E-state index contributed by atoms with van der Waals surface area (Å²) < 4.78 is 0. The topological polar surface area (TPSA) is 89.6 Å². The van der Waals surface area contributed by atoms with Crippen LogP contribution in [0.2, 0.25) is 5.15 Å². The first kappa shape index (κ1) is 38.8. The lowest BCUT2D eigenvalue weighted by Gasteiger charge is -2.11. The van der Waals surface area contributed by atoms with Gasteiger partial charge in [-0.05, 0) is 61.0 Å². The average molecular weight is 775 g/mol. The Hall–Kier alpha value is -5.93. The summed E-state index contributed by atoms with van der Waals surface area (Å²) >= 11 is 9.55. The summed E-state index contributed by atoms with van der Waals surface area (Å²) in [5.41, 5.74) is 13.1. The second-order valence-electron chi connectivity index (χ2n) is 12.0. The van der Waals surface area contributed by atoms with E-state index in [0.29, 0.717) is 16.8 Å². The van der Waals surface area contributed by atoms with E-state index in [1.54, 1.807) is 29.6 Å². The van der Waals surface area contributed by atoms with E-state index in [2.05, 4.69) is 57.9 Å². The second kappa shape index (κ2) is 19.9. The van der Waals surface area contributed by atoms with Gasteiger partial charge < -0.3 is 11.1 Å². The molecule has 9 heteroatoms. The molecule has 0 bridgehead atoms. The van der Waals surface area contributed by atoms with E-state index in [9.17, 15) is 0 Å². The molecule has 0 fully saturated rings. The number of rotatable bonds is 8. The predicted octanol–water partition coefficient (Wildman–Crippen LogP) is 12.7. The minimum Gasteiger partial charge on any atom is -0.399 e. The van der Waals surface area contributed by atoms with Gasteiger partial charge >= 0.3 is 0 Å². The largest absolute Gasteiger partial charge is 0.399 e. The van der Waals surface area contributed by atoms with Crippen LogP contribution in [-0.4, -0.2) is 32.4 Å². The fourth-order valence-corrected chi connectivity index (χ4v) is 6.30. The van der Waals surface area contributed by atoms with Crippen LogP contribution in [0.3, 0.4) is 0 Å². The number of nitrogens with two attached hydrogens (primary N) is 1. The fraction of sp³-hybridized carbons (Fsp3) is 0.0435. The van der Waals surface area contributed by atoms with Gasteiger partial charge in [0.25, 0.3) is 0 Å². The average Bonchev–Trinajstić information content (AvgIpc) is 3.25. The van der Waals surface area contributed by atoms with E-state index < -0.39 is 0 Å². The van der Waals surface area contributed by atoms with Crippen LogP contribution in [-0.2, 0) is 0 Å². The number of nitrogen functional groups attached to an aromatic ring is 1. The Bertz CT molecular complexity index is 2250. The van der Waals surface area contributed by atoms with Gasteiger partial charge in [0.05, 0.1) is 11.4 Å². The molecular weight excluding hydrogens is 736 g/mol. The van der Waals surface area contributed by atoms with Crippen LogP contribution in [0.15, 0.2) is 192 Å². The standard InChI is InChI=1S/C23H19N3S.C16H11ClN2.C7H9NS/c1-27-20-14-12-19(13-15-20)24-22-16-21(17-8-4-2-5-9-17)25-23(26-22)18-10-6-3-7-11-18;17-15-11-14(12-7-3-1-4-8-12)18-16(19-15)13-9-5-2-6-10-13;1-9-7-4-2-6(8)3-5-7/h2-16H,1H3,(H,24,25,26);1-11H;2-5H,8H2,1H3. The van der Waals surface area contributed by atoms with Gasteiger partial charge in [-0.2, -0.15) is 0 Å². The van der Waals surface area contributed by atoms with Crippen molar-refractivity contribution in [2.75, 3.05) is 23.6 Å². The first-order chi connectivity index (χ1) is 27.0. The van der Waals surface area contributed by atoms with Crippen LogP contribution in [0.1, 0.15) is 0 Å². The molecule has 0 aliphatic heterocycles. The van der Waals surface area contributed by atoms with Gasteiger partial charge in [-0.15, -0.1) is 23.5 Å². The lowest BCUT2D eigenvalue weighted by Crippen LogP contribution is -1.99. The van der Waals surface area contributed by atoms with Crippen molar-refractivity contribution >= 4 is 52.3 Å². The smallest absolute Gasteiger partial charge is 0.162 e. The summed E-state index contributed by atoms with van der Waals surface area (Å²) in [7, 11) is 0. The van der Waals surface area contributed by atoms with Crippen molar-refractivity contribution in [3.63, 3.8) is 0 Å². The van der Waals surface area contributed by atoms with E-state index in [-0.39, 0.29) is 0 Å². The van der Waals surface area contributed by atoms with Crippen molar-refractivity contribution in [3.05, 3.63) is 187 Å². The van der Waals surface area contributed by atoms with Crippen LogP contribution in [0, 0.1) is 0 Å². The van der Waals surface area contributed by atoms with Crippen LogP contribution in [0.25, 0.3) is 45.3 Å².